The number of thiazole rings is 1. The molecule has 2 rings (SSSR count). The lowest BCUT2D eigenvalue weighted by atomic mass is 10.2. The summed E-state index contributed by atoms with van der Waals surface area (Å²) in [6, 6.07) is 3.65. The van der Waals surface area contributed by atoms with Crippen molar-refractivity contribution in [3.8, 4) is 22.1 Å². The Morgan fingerprint density at radius 2 is 1.94 bits per heavy atom. The fourth-order valence-corrected chi connectivity index (χ4v) is 2.92. The molecule has 1 heterocycles. The van der Waals surface area contributed by atoms with Gasteiger partial charge in [0.05, 0.1) is 14.2 Å². The van der Waals surface area contributed by atoms with E-state index in [0.717, 1.165) is 21.3 Å². The van der Waals surface area contributed by atoms with Gasteiger partial charge in [-0.25, -0.2) is 4.98 Å². The zero-order valence-electron chi connectivity index (χ0n) is 9.77. The fraction of sp³-hybridized carbons (Fsp3) is 0.167. The SMILES string of the molecule is COc1cc(Br)c(-c2nc(C=O)cs2)cc1OC. The summed E-state index contributed by atoms with van der Waals surface area (Å²) in [5, 5.41) is 2.47. The van der Waals surface area contributed by atoms with Gasteiger partial charge in [0.25, 0.3) is 0 Å². The molecule has 0 radical (unpaired) electrons. The van der Waals surface area contributed by atoms with E-state index in [1.807, 2.05) is 12.1 Å². The number of carbonyl (C=O) groups is 1. The van der Waals surface area contributed by atoms with Crippen LogP contribution in [0, 0.1) is 0 Å². The van der Waals surface area contributed by atoms with Crippen LogP contribution in [0.5, 0.6) is 11.5 Å². The van der Waals surface area contributed by atoms with E-state index in [1.165, 1.54) is 11.3 Å². The molecule has 94 valence electrons. The highest BCUT2D eigenvalue weighted by Gasteiger charge is 2.13. The predicted molar refractivity (Wildman–Crippen MR) is 73.7 cm³/mol. The molecule has 0 bridgehead atoms. The lowest BCUT2D eigenvalue weighted by molar-refractivity contribution is 0.111. The van der Waals surface area contributed by atoms with Gasteiger partial charge in [0, 0.05) is 15.4 Å². The number of aromatic nitrogens is 1. The van der Waals surface area contributed by atoms with Crippen molar-refractivity contribution in [3.63, 3.8) is 0 Å². The van der Waals surface area contributed by atoms with Crippen LogP contribution in [0.25, 0.3) is 10.6 Å². The standard InChI is InChI=1S/C12H10BrNO3S/c1-16-10-3-8(9(13)4-11(10)17-2)12-14-7(5-15)6-18-12/h3-6H,1-2H3. The van der Waals surface area contributed by atoms with Gasteiger partial charge in [-0.2, -0.15) is 0 Å². The first-order valence-electron chi connectivity index (χ1n) is 5.02. The summed E-state index contributed by atoms with van der Waals surface area (Å²) < 4.78 is 11.3. The largest absolute Gasteiger partial charge is 0.493 e. The molecule has 0 aliphatic rings. The predicted octanol–water partition coefficient (Wildman–Crippen LogP) is 3.40. The molecule has 0 saturated carbocycles. The van der Waals surface area contributed by atoms with Crippen LogP contribution < -0.4 is 9.47 Å². The molecule has 2 aromatic rings. The van der Waals surface area contributed by atoms with Gasteiger partial charge >= 0.3 is 0 Å². The minimum absolute atomic E-state index is 0.427. The molecule has 0 saturated heterocycles. The summed E-state index contributed by atoms with van der Waals surface area (Å²) in [7, 11) is 3.16. The molecule has 4 nitrogen and oxygen atoms in total. The maximum Gasteiger partial charge on any atom is 0.169 e. The minimum atomic E-state index is 0.427. The van der Waals surface area contributed by atoms with Crippen molar-refractivity contribution in [1.82, 2.24) is 4.98 Å². The lowest BCUT2D eigenvalue weighted by Gasteiger charge is -2.10. The number of methoxy groups -OCH3 is 2. The van der Waals surface area contributed by atoms with Crippen LogP contribution in [0.2, 0.25) is 0 Å². The second-order valence-corrected chi connectivity index (χ2v) is 5.09. The number of hydrogen-bond acceptors (Lipinski definition) is 5. The molecule has 0 unspecified atom stereocenters. The summed E-state index contributed by atoms with van der Waals surface area (Å²) in [6.07, 6.45) is 0.731. The first-order chi connectivity index (χ1) is 8.69. The normalized spacial score (nSPS) is 10.2. The van der Waals surface area contributed by atoms with Crippen molar-refractivity contribution in [1.29, 1.82) is 0 Å². The maximum atomic E-state index is 10.6. The van der Waals surface area contributed by atoms with E-state index in [1.54, 1.807) is 19.6 Å². The van der Waals surface area contributed by atoms with E-state index in [-0.39, 0.29) is 0 Å². The van der Waals surface area contributed by atoms with Crippen LogP contribution in [-0.2, 0) is 0 Å². The number of aldehydes is 1. The number of halogens is 1. The zero-order valence-corrected chi connectivity index (χ0v) is 12.2. The van der Waals surface area contributed by atoms with Crippen LogP contribution in [0.15, 0.2) is 22.0 Å². The van der Waals surface area contributed by atoms with Gasteiger partial charge in [-0.3, -0.25) is 4.79 Å². The third-order valence-electron chi connectivity index (χ3n) is 2.35. The molecule has 1 aromatic heterocycles. The molecule has 6 heteroatoms. The van der Waals surface area contributed by atoms with Crippen LogP contribution in [0.1, 0.15) is 10.5 Å². The van der Waals surface area contributed by atoms with Gasteiger partial charge in [-0.15, -0.1) is 11.3 Å². The van der Waals surface area contributed by atoms with Crippen molar-refractivity contribution in [2.75, 3.05) is 14.2 Å². The molecular formula is C12H10BrNO3S. The zero-order chi connectivity index (χ0) is 13.1. The van der Waals surface area contributed by atoms with Gasteiger partial charge < -0.3 is 9.47 Å². The number of ether oxygens (including phenoxy) is 2. The topological polar surface area (TPSA) is 48.4 Å². The van der Waals surface area contributed by atoms with E-state index in [9.17, 15) is 4.79 Å². The maximum absolute atomic E-state index is 10.6. The van der Waals surface area contributed by atoms with Crippen molar-refractivity contribution in [3.05, 3.63) is 27.7 Å². The van der Waals surface area contributed by atoms with Crippen LogP contribution >= 0.6 is 27.3 Å². The monoisotopic (exact) mass is 327 g/mol. The smallest absolute Gasteiger partial charge is 0.169 e. The van der Waals surface area contributed by atoms with Crippen LogP contribution in [-0.4, -0.2) is 25.5 Å². The molecule has 0 aliphatic heterocycles. The van der Waals surface area contributed by atoms with Crippen molar-refractivity contribution in [2.24, 2.45) is 0 Å². The van der Waals surface area contributed by atoms with Gasteiger partial charge in [-0.1, -0.05) is 0 Å². The quantitative estimate of drug-likeness (QED) is 0.807. The van der Waals surface area contributed by atoms with Crippen molar-refractivity contribution in [2.45, 2.75) is 0 Å². The van der Waals surface area contributed by atoms with E-state index < -0.39 is 0 Å². The second-order valence-electron chi connectivity index (χ2n) is 3.38. The lowest BCUT2D eigenvalue weighted by Crippen LogP contribution is -1.92. The number of hydrogen-bond donors (Lipinski definition) is 0. The summed E-state index contributed by atoms with van der Waals surface area (Å²) in [5.74, 6) is 1.26. The summed E-state index contributed by atoms with van der Waals surface area (Å²) in [4.78, 5) is 14.9. The Morgan fingerprint density at radius 1 is 1.28 bits per heavy atom. The highest BCUT2D eigenvalue weighted by Crippen LogP contribution is 2.39. The molecule has 0 spiro atoms. The summed E-state index contributed by atoms with van der Waals surface area (Å²) in [6.45, 7) is 0. The Hall–Kier alpha value is -1.40. The molecule has 0 amide bonds. The number of benzene rings is 1. The Morgan fingerprint density at radius 3 is 2.50 bits per heavy atom. The highest BCUT2D eigenvalue weighted by atomic mass is 79.9. The molecule has 0 fully saturated rings. The minimum Gasteiger partial charge on any atom is -0.493 e. The molecular weight excluding hydrogens is 318 g/mol. The number of carbonyl (C=O) groups excluding carboxylic acids is 1. The molecule has 1 aromatic carbocycles. The van der Waals surface area contributed by atoms with Crippen molar-refractivity contribution >= 4 is 33.6 Å². The number of rotatable bonds is 4. The Balaban J connectivity index is 2.53. The van der Waals surface area contributed by atoms with Gasteiger partial charge in [0.2, 0.25) is 0 Å². The van der Waals surface area contributed by atoms with Crippen LogP contribution in [0.4, 0.5) is 0 Å². The second kappa shape index (κ2) is 5.49. The third kappa shape index (κ3) is 2.39. The average Bonchev–Trinajstić information content (AvgIpc) is 2.86. The first-order valence-corrected chi connectivity index (χ1v) is 6.69. The average molecular weight is 328 g/mol. The highest BCUT2D eigenvalue weighted by molar-refractivity contribution is 9.10. The Bertz CT molecular complexity index is 583. The Kier molecular flexibility index (Phi) is 3.98. The summed E-state index contributed by atoms with van der Waals surface area (Å²) in [5.41, 5.74) is 1.29. The first kappa shape index (κ1) is 13.0. The van der Waals surface area contributed by atoms with E-state index in [0.29, 0.717) is 17.2 Å². The van der Waals surface area contributed by atoms with Gasteiger partial charge in [0.1, 0.15) is 10.7 Å². The van der Waals surface area contributed by atoms with Crippen molar-refractivity contribution < 1.29 is 14.3 Å². The van der Waals surface area contributed by atoms with Gasteiger partial charge in [-0.05, 0) is 28.1 Å². The third-order valence-corrected chi connectivity index (χ3v) is 3.90. The Labute approximate surface area is 117 Å². The summed E-state index contributed by atoms with van der Waals surface area (Å²) >= 11 is 4.87. The molecule has 0 aliphatic carbocycles. The van der Waals surface area contributed by atoms with Gasteiger partial charge in [0.15, 0.2) is 17.8 Å². The molecule has 0 atom stereocenters. The molecule has 18 heavy (non-hydrogen) atoms. The van der Waals surface area contributed by atoms with E-state index in [2.05, 4.69) is 20.9 Å². The van der Waals surface area contributed by atoms with E-state index in [4.69, 9.17) is 9.47 Å². The molecule has 0 N–H and O–H groups in total. The fourth-order valence-electron chi connectivity index (χ4n) is 1.48. The van der Waals surface area contributed by atoms with Crippen LogP contribution in [0.3, 0.4) is 0 Å². The van der Waals surface area contributed by atoms with E-state index >= 15 is 0 Å². The number of nitrogens with zero attached hydrogens (tertiary/aromatic N) is 1.